The third kappa shape index (κ3) is 2.77. The standard InChI is InChI=1S/C12H14BrN3/c13-11-5-1-9(2-6-11)10-3-7-12(8-4-10)15-16-14/h1-2,5-6,10,12H,3-4,7-8H2. The molecule has 1 aliphatic rings. The van der Waals surface area contributed by atoms with Crippen molar-refractivity contribution in [3.63, 3.8) is 0 Å². The third-order valence-corrected chi connectivity index (χ3v) is 3.78. The minimum absolute atomic E-state index is 0.219. The summed E-state index contributed by atoms with van der Waals surface area (Å²) < 4.78 is 1.12. The van der Waals surface area contributed by atoms with Crippen LogP contribution in [0.3, 0.4) is 0 Å². The molecule has 3 nitrogen and oxygen atoms in total. The SMILES string of the molecule is [N-]=[N+]=NC1CCC(c2ccc(Br)cc2)CC1. The van der Waals surface area contributed by atoms with Crippen LogP contribution in [0.15, 0.2) is 33.9 Å². The molecule has 16 heavy (non-hydrogen) atoms. The van der Waals surface area contributed by atoms with Gasteiger partial charge >= 0.3 is 0 Å². The van der Waals surface area contributed by atoms with Gasteiger partial charge in [0, 0.05) is 15.4 Å². The molecule has 0 amide bonds. The molecular formula is C12H14BrN3. The fourth-order valence-corrected chi connectivity index (χ4v) is 2.60. The van der Waals surface area contributed by atoms with Crippen LogP contribution in [0, 0.1) is 0 Å². The Hall–Kier alpha value is -0.990. The van der Waals surface area contributed by atoms with Crippen molar-refractivity contribution in [1.29, 1.82) is 0 Å². The summed E-state index contributed by atoms with van der Waals surface area (Å²) in [6.07, 6.45) is 4.30. The first kappa shape index (κ1) is 11.5. The molecule has 0 aromatic heterocycles. The first-order valence-corrected chi connectivity index (χ1v) is 6.38. The predicted octanol–water partition coefficient (Wildman–Crippen LogP) is 4.79. The zero-order valence-electron chi connectivity index (χ0n) is 9.01. The van der Waals surface area contributed by atoms with Gasteiger partial charge in [-0.05, 0) is 54.8 Å². The lowest BCUT2D eigenvalue weighted by atomic mass is 9.82. The second-order valence-corrected chi connectivity index (χ2v) is 5.18. The molecule has 1 aliphatic carbocycles. The molecule has 1 saturated carbocycles. The second kappa shape index (κ2) is 5.37. The van der Waals surface area contributed by atoms with Gasteiger partial charge in [0.25, 0.3) is 0 Å². The maximum Gasteiger partial charge on any atom is 0.0374 e. The number of nitrogens with zero attached hydrogens (tertiary/aromatic N) is 3. The molecule has 2 rings (SSSR count). The van der Waals surface area contributed by atoms with Crippen LogP contribution >= 0.6 is 15.9 Å². The molecule has 0 N–H and O–H groups in total. The van der Waals surface area contributed by atoms with Gasteiger partial charge in [0.1, 0.15) is 0 Å². The summed E-state index contributed by atoms with van der Waals surface area (Å²) >= 11 is 3.44. The van der Waals surface area contributed by atoms with Crippen LogP contribution in [0.25, 0.3) is 10.4 Å². The van der Waals surface area contributed by atoms with Crippen LogP contribution in [0.2, 0.25) is 0 Å². The monoisotopic (exact) mass is 279 g/mol. The lowest BCUT2D eigenvalue weighted by Crippen LogP contribution is -2.15. The highest BCUT2D eigenvalue weighted by atomic mass is 79.9. The number of azide groups is 1. The number of hydrogen-bond acceptors (Lipinski definition) is 1. The zero-order chi connectivity index (χ0) is 11.4. The normalized spacial score (nSPS) is 24.8. The quantitative estimate of drug-likeness (QED) is 0.425. The first-order valence-electron chi connectivity index (χ1n) is 5.59. The van der Waals surface area contributed by atoms with E-state index >= 15 is 0 Å². The van der Waals surface area contributed by atoms with E-state index in [0.717, 1.165) is 30.2 Å². The van der Waals surface area contributed by atoms with Gasteiger partial charge in [-0.25, -0.2) is 0 Å². The Labute approximate surface area is 104 Å². The molecule has 1 aromatic carbocycles. The lowest BCUT2D eigenvalue weighted by Gasteiger charge is -2.26. The molecule has 0 bridgehead atoms. The van der Waals surface area contributed by atoms with Crippen LogP contribution in [0.5, 0.6) is 0 Å². The molecule has 1 aromatic rings. The summed E-state index contributed by atoms with van der Waals surface area (Å²) in [5, 5.41) is 3.80. The minimum Gasteiger partial charge on any atom is -0.0906 e. The molecule has 0 aliphatic heterocycles. The maximum atomic E-state index is 8.39. The molecule has 0 heterocycles. The highest BCUT2D eigenvalue weighted by Gasteiger charge is 2.21. The van der Waals surface area contributed by atoms with Crippen LogP contribution in [0.1, 0.15) is 37.2 Å². The van der Waals surface area contributed by atoms with Crippen molar-refractivity contribution in [2.45, 2.75) is 37.6 Å². The molecule has 0 radical (unpaired) electrons. The largest absolute Gasteiger partial charge is 0.0906 e. The van der Waals surface area contributed by atoms with Crippen molar-refractivity contribution in [2.75, 3.05) is 0 Å². The van der Waals surface area contributed by atoms with E-state index in [1.165, 1.54) is 5.56 Å². The van der Waals surface area contributed by atoms with E-state index in [4.69, 9.17) is 5.53 Å². The van der Waals surface area contributed by atoms with Crippen molar-refractivity contribution in [1.82, 2.24) is 0 Å². The molecule has 0 saturated heterocycles. The van der Waals surface area contributed by atoms with E-state index in [2.05, 4.69) is 50.2 Å². The molecule has 0 atom stereocenters. The Balaban J connectivity index is 1.98. The molecular weight excluding hydrogens is 266 g/mol. The lowest BCUT2D eigenvalue weighted by molar-refractivity contribution is 0.395. The average molecular weight is 280 g/mol. The summed E-state index contributed by atoms with van der Waals surface area (Å²) in [6.45, 7) is 0. The Bertz CT molecular complexity index is 387. The van der Waals surface area contributed by atoms with Gasteiger partial charge in [-0.3, -0.25) is 0 Å². The van der Waals surface area contributed by atoms with Gasteiger partial charge in [0.2, 0.25) is 0 Å². The van der Waals surface area contributed by atoms with Gasteiger partial charge in [-0.15, -0.1) is 0 Å². The van der Waals surface area contributed by atoms with Gasteiger partial charge < -0.3 is 0 Å². The van der Waals surface area contributed by atoms with E-state index in [9.17, 15) is 0 Å². The third-order valence-electron chi connectivity index (χ3n) is 3.25. The smallest absolute Gasteiger partial charge is 0.0374 e. The van der Waals surface area contributed by atoms with E-state index in [1.54, 1.807) is 0 Å². The summed E-state index contributed by atoms with van der Waals surface area (Å²) in [6, 6.07) is 8.77. The topological polar surface area (TPSA) is 48.8 Å². The molecule has 0 unspecified atom stereocenters. The average Bonchev–Trinajstić information content (AvgIpc) is 2.32. The molecule has 0 spiro atoms. The fraction of sp³-hybridized carbons (Fsp3) is 0.500. The van der Waals surface area contributed by atoms with Crippen LogP contribution in [-0.2, 0) is 0 Å². The number of rotatable bonds is 2. The summed E-state index contributed by atoms with van der Waals surface area (Å²) in [7, 11) is 0. The second-order valence-electron chi connectivity index (χ2n) is 4.26. The van der Waals surface area contributed by atoms with Gasteiger partial charge in [-0.1, -0.05) is 33.2 Å². The van der Waals surface area contributed by atoms with Crippen molar-refractivity contribution in [3.05, 3.63) is 44.7 Å². The Kier molecular flexibility index (Phi) is 3.86. The van der Waals surface area contributed by atoms with E-state index in [1.807, 2.05) is 0 Å². The van der Waals surface area contributed by atoms with Crippen LogP contribution in [0.4, 0.5) is 0 Å². The summed E-state index contributed by atoms with van der Waals surface area (Å²) in [5.74, 6) is 0.637. The maximum absolute atomic E-state index is 8.39. The minimum atomic E-state index is 0.219. The zero-order valence-corrected chi connectivity index (χ0v) is 10.6. The molecule has 84 valence electrons. The summed E-state index contributed by atoms with van der Waals surface area (Å²) in [5.41, 5.74) is 9.79. The van der Waals surface area contributed by atoms with Crippen molar-refractivity contribution in [3.8, 4) is 0 Å². The van der Waals surface area contributed by atoms with E-state index < -0.39 is 0 Å². The fourth-order valence-electron chi connectivity index (χ4n) is 2.33. The van der Waals surface area contributed by atoms with E-state index in [0.29, 0.717) is 5.92 Å². The van der Waals surface area contributed by atoms with Crippen LogP contribution in [-0.4, -0.2) is 6.04 Å². The number of hydrogen-bond donors (Lipinski definition) is 0. The van der Waals surface area contributed by atoms with Crippen molar-refractivity contribution in [2.24, 2.45) is 5.11 Å². The van der Waals surface area contributed by atoms with Crippen molar-refractivity contribution < 1.29 is 0 Å². The molecule has 4 heteroatoms. The Morgan fingerprint density at radius 2 is 1.75 bits per heavy atom. The number of halogens is 1. The Morgan fingerprint density at radius 1 is 1.12 bits per heavy atom. The number of benzene rings is 1. The van der Waals surface area contributed by atoms with Gasteiger partial charge in [-0.2, -0.15) is 0 Å². The van der Waals surface area contributed by atoms with Crippen molar-refractivity contribution >= 4 is 15.9 Å². The first-order chi connectivity index (χ1) is 7.79. The molecule has 1 fully saturated rings. The Morgan fingerprint density at radius 3 is 2.31 bits per heavy atom. The highest BCUT2D eigenvalue weighted by Crippen LogP contribution is 2.34. The summed E-state index contributed by atoms with van der Waals surface area (Å²) in [4.78, 5) is 2.89. The van der Waals surface area contributed by atoms with Gasteiger partial charge in [0.05, 0.1) is 0 Å². The van der Waals surface area contributed by atoms with Gasteiger partial charge in [0.15, 0.2) is 0 Å². The predicted molar refractivity (Wildman–Crippen MR) is 68.3 cm³/mol. The van der Waals surface area contributed by atoms with Crippen LogP contribution < -0.4 is 0 Å². The van der Waals surface area contributed by atoms with E-state index in [-0.39, 0.29) is 6.04 Å². The highest BCUT2D eigenvalue weighted by molar-refractivity contribution is 9.10.